The minimum Gasteiger partial charge on any atom is -0.342 e. The van der Waals surface area contributed by atoms with Gasteiger partial charge in [0.2, 0.25) is 0 Å². The second-order valence-corrected chi connectivity index (χ2v) is 9.91. The third kappa shape index (κ3) is 4.24. The van der Waals surface area contributed by atoms with Crippen molar-refractivity contribution in [2.45, 2.75) is 44.6 Å². The lowest BCUT2D eigenvalue weighted by molar-refractivity contribution is 0.416. The second-order valence-electron chi connectivity index (χ2n) is 9.50. The second kappa shape index (κ2) is 9.75. The summed E-state index contributed by atoms with van der Waals surface area (Å²) in [4.78, 5) is 18.5. The number of rotatable bonds is 5. The molecule has 5 aromatic rings. The number of benzene rings is 3. The van der Waals surface area contributed by atoms with E-state index < -0.39 is 0 Å². The summed E-state index contributed by atoms with van der Waals surface area (Å²) in [6.07, 6.45) is 9.52. The fourth-order valence-corrected chi connectivity index (χ4v) is 5.51. The van der Waals surface area contributed by atoms with Gasteiger partial charge in [0, 0.05) is 40.1 Å². The van der Waals surface area contributed by atoms with Crippen molar-refractivity contribution in [1.82, 2.24) is 14.2 Å². The number of hydrogen-bond donors (Lipinski definition) is 0. The van der Waals surface area contributed by atoms with Crippen molar-refractivity contribution >= 4 is 39.6 Å². The van der Waals surface area contributed by atoms with Gasteiger partial charge in [-0.25, -0.2) is 4.98 Å². The summed E-state index contributed by atoms with van der Waals surface area (Å²) >= 11 is 6.44. The van der Waals surface area contributed by atoms with E-state index in [4.69, 9.17) is 21.7 Å². The molecule has 6 rings (SSSR count). The number of fused-ring (bicyclic) bond motifs is 2. The molecule has 2 aromatic heterocycles. The van der Waals surface area contributed by atoms with E-state index in [-0.39, 0.29) is 11.5 Å². The topological polar surface area (TPSA) is 52.2 Å². The Bertz CT molecular complexity index is 1640. The largest absolute Gasteiger partial charge is 0.342 e. The van der Waals surface area contributed by atoms with Crippen LogP contribution in [0, 0.1) is 0 Å². The molecule has 1 aliphatic carbocycles. The van der Waals surface area contributed by atoms with Crippen LogP contribution < -0.4 is 5.56 Å². The Hall–Kier alpha value is -3.70. The fraction of sp³-hybridized carbons (Fsp3) is 0.233. The average molecular weight is 495 g/mol. The van der Waals surface area contributed by atoms with Crippen LogP contribution in [0.5, 0.6) is 0 Å². The van der Waals surface area contributed by atoms with Gasteiger partial charge in [-0.3, -0.25) is 4.79 Å². The molecule has 0 saturated heterocycles. The third-order valence-corrected chi connectivity index (χ3v) is 7.55. The summed E-state index contributed by atoms with van der Waals surface area (Å²) < 4.78 is 3.72. The van der Waals surface area contributed by atoms with Crippen LogP contribution in [0.25, 0.3) is 21.8 Å². The molecule has 2 heterocycles. The van der Waals surface area contributed by atoms with Gasteiger partial charge in [-0.05, 0) is 42.7 Å². The number of hydrogen-bond acceptors (Lipinski definition) is 3. The SMILES string of the molecule is O=c1c2ccccc2nc(C2CCCCC2)n1N=Cc1cn(Cc2ccccc2Cl)c2ccccc12. The van der Waals surface area contributed by atoms with Crippen LogP contribution in [0.1, 0.15) is 55.0 Å². The predicted molar refractivity (Wildman–Crippen MR) is 147 cm³/mol. The Morgan fingerprint density at radius 2 is 1.64 bits per heavy atom. The highest BCUT2D eigenvalue weighted by Crippen LogP contribution is 2.32. The minimum absolute atomic E-state index is 0.114. The van der Waals surface area contributed by atoms with Gasteiger partial charge in [-0.2, -0.15) is 9.78 Å². The maximum Gasteiger partial charge on any atom is 0.282 e. The summed E-state index contributed by atoms with van der Waals surface area (Å²) in [7, 11) is 0. The summed E-state index contributed by atoms with van der Waals surface area (Å²) in [5.41, 5.74) is 3.73. The van der Waals surface area contributed by atoms with Crippen molar-refractivity contribution in [1.29, 1.82) is 0 Å². The molecule has 0 bridgehead atoms. The Kier molecular flexibility index (Phi) is 6.16. The number of halogens is 1. The molecular weight excluding hydrogens is 468 g/mol. The lowest BCUT2D eigenvalue weighted by atomic mass is 9.88. The molecule has 1 fully saturated rings. The van der Waals surface area contributed by atoms with Crippen LogP contribution in [-0.4, -0.2) is 20.4 Å². The molecule has 0 spiro atoms. The normalized spacial score (nSPS) is 14.8. The highest BCUT2D eigenvalue weighted by Gasteiger charge is 2.22. The molecule has 1 saturated carbocycles. The van der Waals surface area contributed by atoms with E-state index in [9.17, 15) is 4.79 Å². The van der Waals surface area contributed by atoms with Crippen LogP contribution >= 0.6 is 11.6 Å². The first-order valence-corrected chi connectivity index (χ1v) is 12.9. The van der Waals surface area contributed by atoms with E-state index in [1.54, 1.807) is 10.9 Å². The molecule has 1 aliphatic rings. The quantitative estimate of drug-likeness (QED) is 0.247. The highest BCUT2D eigenvalue weighted by molar-refractivity contribution is 6.31. The van der Waals surface area contributed by atoms with Gasteiger partial charge in [0.15, 0.2) is 0 Å². The number of para-hydroxylation sites is 2. The predicted octanol–water partition coefficient (Wildman–Crippen LogP) is 6.98. The summed E-state index contributed by atoms with van der Waals surface area (Å²) in [6.45, 7) is 0.652. The summed E-state index contributed by atoms with van der Waals surface area (Å²) in [5.74, 6) is 1.02. The van der Waals surface area contributed by atoms with Crippen LogP contribution in [0.15, 0.2) is 88.9 Å². The van der Waals surface area contributed by atoms with Crippen molar-refractivity contribution in [2.24, 2.45) is 5.10 Å². The first-order valence-electron chi connectivity index (χ1n) is 12.6. The minimum atomic E-state index is -0.114. The Labute approximate surface area is 214 Å². The molecule has 0 unspecified atom stereocenters. The van der Waals surface area contributed by atoms with Gasteiger partial charge < -0.3 is 4.57 Å². The Morgan fingerprint density at radius 3 is 2.47 bits per heavy atom. The van der Waals surface area contributed by atoms with Crippen molar-refractivity contribution in [3.05, 3.63) is 111 Å². The fourth-order valence-electron chi connectivity index (χ4n) is 5.32. The van der Waals surface area contributed by atoms with Crippen molar-refractivity contribution in [2.75, 3.05) is 0 Å². The van der Waals surface area contributed by atoms with Gasteiger partial charge in [0.25, 0.3) is 5.56 Å². The Morgan fingerprint density at radius 1 is 0.917 bits per heavy atom. The summed E-state index contributed by atoms with van der Waals surface area (Å²) in [6, 6.07) is 23.7. The Balaban J connectivity index is 1.45. The van der Waals surface area contributed by atoms with Crippen molar-refractivity contribution < 1.29 is 0 Å². The number of nitrogens with zero attached hydrogens (tertiary/aromatic N) is 4. The molecule has 180 valence electrons. The zero-order chi connectivity index (χ0) is 24.5. The maximum atomic E-state index is 13.5. The molecule has 3 aromatic carbocycles. The van der Waals surface area contributed by atoms with E-state index >= 15 is 0 Å². The van der Waals surface area contributed by atoms with Crippen molar-refractivity contribution in [3.8, 4) is 0 Å². The molecular formula is C30H27ClN4O. The zero-order valence-electron chi connectivity index (χ0n) is 20.0. The highest BCUT2D eigenvalue weighted by atomic mass is 35.5. The van der Waals surface area contributed by atoms with Gasteiger partial charge in [-0.1, -0.05) is 79.4 Å². The van der Waals surface area contributed by atoms with E-state index in [0.717, 1.165) is 64.1 Å². The van der Waals surface area contributed by atoms with E-state index in [1.165, 1.54) is 6.42 Å². The monoisotopic (exact) mass is 494 g/mol. The lowest BCUT2D eigenvalue weighted by Gasteiger charge is -2.22. The van der Waals surface area contributed by atoms with Gasteiger partial charge in [-0.15, -0.1) is 0 Å². The maximum absolute atomic E-state index is 13.5. The van der Waals surface area contributed by atoms with Crippen LogP contribution in [0.2, 0.25) is 5.02 Å². The third-order valence-electron chi connectivity index (χ3n) is 7.18. The molecule has 0 amide bonds. The van der Waals surface area contributed by atoms with Crippen LogP contribution in [0.4, 0.5) is 0 Å². The molecule has 0 aliphatic heterocycles. The first-order chi connectivity index (χ1) is 17.7. The smallest absolute Gasteiger partial charge is 0.282 e. The molecule has 0 atom stereocenters. The lowest BCUT2D eigenvalue weighted by Crippen LogP contribution is -2.25. The van der Waals surface area contributed by atoms with Gasteiger partial charge in [0.1, 0.15) is 5.82 Å². The average Bonchev–Trinajstić information content (AvgIpc) is 3.27. The zero-order valence-corrected chi connectivity index (χ0v) is 20.7. The van der Waals surface area contributed by atoms with E-state index in [1.807, 2.05) is 60.7 Å². The standard InChI is InChI=1S/C30H27ClN4O/c31-26-15-7-4-12-22(26)19-34-20-23(24-13-6-9-17-28(24)34)18-32-35-29(21-10-2-1-3-11-21)33-27-16-8-5-14-25(27)30(35)36/h4-9,12-18,20-21H,1-3,10-11,19H2. The van der Waals surface area contributed by atoms with Gasteiger partial charge in [0.05, 0.1) is 17.1 Å². The van der Waals surface area contributed by atoms with Crippen LogP contribution in [-0.2, 0) is 6.54 Å². The molecule has 0 N–H and O–H groups in total. The molecule has 6 heteroatoms. The van der Waals surface area contributed by atoms with Gasteiger partial charge >= 0.3 is 0 Å². The van der Waals surface area contributed by atoms with E-state index in [0.29, 0.717) is 11.9 Å². The van der Waals surface area contributed by atoms with Crippen LogP contribution in [0.3, 0.4) is 0 Å². The number of aromatic nitrogens is 3. The summed E-state index contributed by atoms with van der Waals surface area (Å²) in [5, 5.41) is 7.18. The molecule has 5 nitrogen and oxygen atoms in total. The van der Waals surface area contributed by atoms with E-state index in [2.05, 4.69) is 22.9 Å². The molecule has 0 radical (unpaired) electrons. The molecule has 36 heavy (non-hydrogen) atoms. The van der Waals surface area contributed by atoms with Crippen molar-refractivity contribution in [3.63, 3.8) is 0 Å². The first kappa shape index (κ1) is 22.7.